The van der Waals surface area contributed by atoms with Crippen molar-refractivity contribution in [1.29, 1.82) is 0 Å². The Bertz CT molecular complexity index is 1010. The van der Waals surface area contributed by atoms with Gasteiger partial charge in [-0.05, 0) is 73.2 Å². The molecular weight excluding hydrogens is 550 g/mol. The van der Waals surface area contributed by atoms with Gasteiger partial charge in [0, 0.05) is 5.92 Å². The van der Waals surface area contributed by atoms with Crippen LogP contribution in [0.4, 0.5) is 13.2 Å². The van der Waals surface area contributed by atoms with E-state index in [2.05, 4.69) is 80.4 Å². The first-order chi connectivity index (χ1) is 18.1. The maximum atomic E-state index is 13.3. The van der Waals surface area contributed by atoms with Gasteiger partial charge in [-0.2, -0.15) is 13.2 Å². The van der Waals surface area contributed by atoms with E-state index in [0.717, 1.165) is 12.1 Å². The summed E-state index contributed by atoms with van der Waals surface area (Å²) < 4.78 is 59.1. The van der Waals surface area contributed by atoms with Gasteiger partial charge in [0.2, 0.25) is 0 Å². The molecule has 0 radical (unpaired) electrons. The van der Waals surface area contributed by atoms with Crippen molar-refractivity contribution in [3.8, 4) is 5.75 Å². The van der Waals surface area contributed by atoms with E-state index >= 15 is 0 Å². The van der Waals surface area contributed by atoms with Crippen molar-refractivity contribution in [3.63, 3.8) is 0 Å². The molecule has 0 bridgehead atoms. The van der Waals surface area contributed by atoms with Crippen LogP contribution < -0.4 is 4.74 Å². The molecule has 0 heterocycles. The van der Waals surface area contributed by atoms with Crippen molar-refractivity contribution < 1.29 is 31.9 Å². The highest BCUT2D eigenvalue weighted by molar-refractivity contribution is 6.74. The Hall–Kier alpha value is -1.40. The first kappa shape index (κ1) is 34.8. The van der Waals surface area contributed by atoms with Crippen molar-refractivity contribution in [1.82, 2.24) is 0 Å². The first-order valence-corrected chi connectivity index (χ1v) is 20.0. The Morgan fingerprint density at radius 1 is 1.02 bits per heavy atom. The summed E-state index contributed by atoms with van der Waals surface area (Å²) in [6, 6.07) is 4.92. The summed E-state index contributed by atoms with van der Waals surface area (Å²) in [5, 5.41) is 10.9. The number of alkyl halides is 3. The molecule has 1 saturated carbocycles. The number of aliphatic hydroxyl groups excluding tert-OH is 1. The zero-order valence-electron chi connectivity index (χ0n) is 26.1. The van der Waals surface area contributed by atoms with E-state index in [1.54, 1.807) is 0 Å². The zero-order valence-corrected chi connectivity index (χ0v) is 28.1. The Kier molecular flexibility index (Phi) is 11.2. The number of ether oxygens (including phenoxy) is 1. The predicted octanol–water partition coefficient (Wildman–Crippen LogP) is 8.99. The summed E-state index contributed by atoms with van der Waals surface area (Å²) in [6.45, 7) is 25.7. The molecule has 9 heteroatoms. The minimum absolute atomic E-state index is 0.0233. The van der Waals surface area contributed by atoms with E-state index in [1.165, 1.54) is 12.1 Å². The highest BCUT2D eigenvalue weighted by Crippen LogP contribution is 2.44. The third-order valence-electron chi connectivity index (χ3n) is 8.96. The van der Waals surface area contributed by atoms with Gasteiger partial charge in [-0.3, -0.25) is 0 Å². The van der Waals surface area contributed by atoms with Crippen molar-refractivity contribution in [2.75, 3.05) is 6.61 Å². The Morgan fingerprint density at radius 2 is 1.62 bits per heavy atom. The van der Waals surface area contributed by atoms with E-state index in [-0.39, 0.29) is 40.4 Å². The molecule has 228 valence electrons. The van der Waals surface area contributed by atoms with Crippen LogP contribution in [0.1, 0.15) is 59.9 Å². The Morgan fingerprint density at radius 3 is 2.15 bits per heavy atom. The quantitative estimate of drug-likeness (QED) is 0.203. The van der Waals surface area contributed by atoms with E-state index in [9.17, 15) is 18.3 Å². The van der Waals surface area contributed by atoms with Gasteiger partial charge in [0.25, 0.3) is 0 Å². The van der Waals surface area contributed by atoms with Gasteiger partial charge in [-0.15, -0.1) is 6.58 Å². The minimum atomic E-state index is -4.45. The monoisotopic (exact) mass is 600 g/mol. The highest BCUT2D eigenvalue weighted by Gasteiger charge is 2.47. The van der Waals surface area contributed by atoms with Crippen LogP contribution in [0.15, 0.2) is 49.1 Å². The number of aliphatic hydroxyl groups is 1. The van der Waals surface area contributed by atoms with Gasteiger partial charge in [0.05, 0.1) is 23.9 Å². The predicted molar refractivity (Wildman–Crippen MR) is 163 cm³/mol. The van der Waals surface area contributed by atoms with Crippen molar-refractivity contribution in [2.24, 2.45) is 11.8 Å². The third-order valence-corrected chi connectivity index (χ3v) is 18.0. The fraction of sp³-hybridized carbons (Fsp3) is 0.677. The molecule has 0 saturated heterocycles. The molecule has 2 rings (SSSR count). The van der Waals surface area contributed by atoms with Crippen LogP contribution in [0.2, 0.25) is 36.3 Å². The topological polar surface area (TPSA) is 47.9 Å². The number of benzene rings is 1. The summed E-state index contributed by atoms with van der Waals surface area (Å²) in [7, 11) is -4.36. The molecule has 1 aromatic rings. The molecule has 0 aromatic heterocycles. The number of rotatable bonds is 11. The number of allylic oxidation sites excluding steroid dienone is 1. The average molecular weight is 601 g/mol. The molecule has 1 aromatic carbocycles. The fourth-order valence-electron chi connectivity index (χ4n) is 4.43. The lowest BCUT2D eigenvalue weighted by Gasteiger charge is -2.40. The molecular formula is C31H51F3O4Si2. The van der Waals surface area contributed by atoms with Crippen molar-refractivity contribution in [2.45, 2.75) is 115 Å². The van der Waals surface area contributed by atoms with E-state index in [4.69, 9.17) is 13.6 Å². The molecule has 0 amide bonds. The second-order valence-electron chi connectivity index (χ2n) is 14.1. The maximum absolute atomic E-state index is 13.3. The van der Waals surface area contributed by atoms with E-state index < -0.39 is 40.6 Å². The van der Waals surface area contributed by atoms with Gasteiger partial charge in [-0.1, -0.05) is 65.8 Å². The first-order valence-electron chi connectivity index (χ1n) is 14.2. The molecule has 1 aliphatic carbocycles. The number of hydrogen-bond acceptors (Lipinski definition) is 4. The highest BCUT2D eigenvalue weighted by atomic mass is 28.4. The summed E-state index contributed by atoms with van der Waals surface area (Å²) in [6.07, 6.45) is 1.51. The normalized spacial score (nSPS) is 23.9. The molecule has 1 aliphatic rings. The second kappa shape index (κ2) is 12.9. The molecule has 4 nitrogen and oxygen atoms in total. The van der Waals surface area contributed by atoms with Crippen LogP contribution in [-0.2, 0) is 15.0 Å². The smallest absolute Gasteiger partial charge is 0.416 e. The fourth-order valence-corrected chi connectivity index (χ4v) is 7.06. The largest absolute Gasteiger partial charge is 0.491 e. The lowest BCUT2D eigenvalue weighted by molar-refractivity contribution is -0.137. The van der Waals surface area contributed by atoms with Crippen LogP contribution in [-0.4, -0.2) is 46.7 Å². The molecule has 0 spiro atoms. The van der Waals surface area contributed by atoms with Crippen molar-refractivity contribution in [3.05, 3.63) is 54.6 Å². The Labute approximate surface area is 242 Å². The second-order valence-corrected chi connectivity index (χ2v) is 23.6. The van der Waals surface area contributed by atoms with E-state index in [1.807, 2.05) is 12.2 Å². The number of hydrogen-bond donors (Lipinski definition) is 1. The third kappa shape index (κ3) is 9.05. The van der Waals surface area contributed by atoms with Gasteiger partial charge >= 0.3 is 6.18 Å². The van der Waals surface area contributed by atoms with Crippen LogP contribution in [0.25, 0.3) is 0 Å². The molecule has 1 N–H and O–H groups in total. The SMILES string of the molecule is C=CC[C@H]1[C@@H](O)CC(O[Si](C)(C)C(C)(C)C)[C@@H]1/C=C/[C@H](COc1cccc(C(F)(F)F)c1)O[Si](C)(C)C(C)(C)C. The van der Waals surface area contributed by atoms with Gasteiger partial charge in [0.1, 0.15) is 12.4 Å². The van der Waals surface area contributed by atoms with Gasteiger partial charge in [0.15, 0.2) is 16.6 Å². The van der Waals surface area contributed by atoms with Crippen LogP contribution >= 0.6 is 0 Å². The van der Waals surface area contributed by atoms with E-state index in [0.29, 0.717) is 12.8 Å². The van der Waals surface area contributed by atoms with Crippen LogP contribution in [0.5, 0.6) is 5.75 Å². The standard InChI is InChI=1S/C31H51F3O4Si2/c1-12-14-25-26(28(20-27(25)35)38-40(10,11)30(5,6)7)18-17-24(37-39(8,9)29(2,3)4)21-36-23-16-13-15-22(19-23)31(32,33)34/h12-13,15-19,24-28,35H,1,14,20-21H2,2-11H3/b18-17+/t24-,25-,26-,27+,28?/m1/s1. The minimum Gasteiger partial charge on any atom is -0.491 e. The molecule has 1 unspecified atom stereocenters. The molecule has 5 atom stereocenters. The summed E-state index contributed by atoms with van der Waals surface area (Å²) in [5.41, 5.74) is -0.750. The van der Waals surface area contributed by atoms with Crippen molar-refractivity contribution >= 4 is 16.6 Å². The summed E-state index contributed by atoms with van der Waals surface area (Å²) in [5.74, 6) is 0.0506. The summed E-state index contributed by atoms with van der Waals surface area (Å²) in [4.78, 5) is 0. The van der Waals surface area contributed by atoms with Crippen LogP contribution in [0, 0.1) is 11.8 Å². The lowest BCUT2D eigenvalue weighted by Crippen LogP contribution is -2.45. The average Bonchev–Trinajstić information content (AvgIpc) is 3.07. The summed E-state index contributed by atoms with van der Waals surface area (Å²) >= 11 is 0. The molecule has 1 fully saturated rings. The Balaban J connectivity index is 2.38. The molecule has 40 heavy (non-hydrogen) atoms. The maximum Gasteiger partial charge on any atom is 0.416 e. The van der Waals surface area contributed by atoms with Gasteiger partial charge < -0.3 is 18.7 Å². The lowest BCUT2D eigenvalue weighted by atomic mass is 9.90. The molecule has 0 aliphatic heterocycles. The zero-order chi connectivity index (χ0) is 30.7. The number of halogens is 3. The van der Waals surface area contributed by atoms with Crippen LogP contribution in [0.3, 0.4) is 0 Å². The van der Waals surface area contributed by atoms with Gasteiger partial charge in [-0.25, -0.2) is 0 Å².